The van der Waals surface area contributed by atoms with Gasteiger partial charge in [-0.3, -0.25) is 4.90 Å². The normalized spacial score (nSPS) is 25.5. The Kier molecular flexibility index (Phi) is 4.43. The van der Waals surface area contributed by atoms with E-state index >= 15 is 0 Å². The molecular weight excluding hydrogens is 170 g/mol. The van der Waals surface area contributed by atoms with Crippen LogP contribution in [0.15, 0.2) is 0 Å². The number of hydrogen-bond donors (Lipinski definition) is 0. The van der Waals surface area contributed by atoms with Gasteiger partial charge < -0.3 is 0 Å². The second-order valence-corrected chi connectivity index (χ2v) is 5.06. The molecule has 0 aromatic carbocycles. The van der Waals surface area contributed by atoms with Crippen LogP contribution in [0.2, 0.25) is 0 Å². The maximum absolute atomic E-state index is 2.62. The van der Waals surface area contributed by atoms with Gasteiger partial charge in [0.25, 0.3) is 0 Å². The predicted molar refractivity (Wildman–Crippen MR) is 63.6 cm³/mol. The maximum atomic E-state index is 2.62. The van der Waals surface area contributed by atoms with Gasteiger partial charge in [0.1, 0.15) is 0 Å². The minimum atomic E-state index is 0.776. The van der Waals surface area contributed by atoms with E-state index in [0.717, 1.165) is 11.5 Å². The molecular formula is C13H27N. The van der Waals surface area contributed by atoms with Crippen molar-refractivity contribution in [3.63, 3.8) is 0 Å². The zero-order valence-electron chi connectivity index (χ0n) is 10.5. The van der Waals surface area contributed by atoms with Crippen molar-refractivity contribution in [3.8, 4) is 0 Å². The fraction of sp³-hybridized carbons (Fsp3) is 1.00. The summed E-state index contributed by atoms with van der Waals surface area (Å²) in [6.07, 6.45) is 7.49. The lowest BCUT2D eigenvalue weighted by atomic mass is 9.68. The Morgan fingerprint density at radius 1 is 0.929 bits per heavy atom. The summed E-state index contributed by atoms with van der Waals surface area (Å²) >= 11 is 0. The summed E-state index contributed by atoms with van der Waals surface area (Å²) in [5.41, 5.74) is 0.780. The molecule has 1 aliphatic heterocycles. The third-order valence-corrected chi connectivity index (χ3v) is 3.72. The number of likely N-dealkylation sites (tertiary alicyclic amines) is 1. The Morgan fingerprint density at radius 2 is 1.43 bits per heavy atom. The first-order valence-electron chi connectivity index (χ1n) is 6.46. The molecule has 1 saturated carbocycles. The van der Waals surface area contributed by atoms with E-state index in [9.17, 15) is 0 Å². The van der Waals surface area contributed by atoms with Crippen molar-refractivity contribution in [1.29, 1.82) is 0 Å². The lowest BCUT2D eigenvalue weighted by Crippen LogP contribution is -2.59. The summed E-state index contributed by atoms with van der Waals surface area (Å²) in [4.78, 5) is 2.62. The summed E-state index contributed by atoms with van der Waals surface area (Å²) in [6, 6.07) is 0.776. The van der Waals surface area contributed by atoms with Gasteiger partial charge in [-0.1, -0.05) is 33.1 Å². The molecule has 0 aromatic heterocycles. The van der Waals surface area contributed by atoms with Crippen LogP contribution in [0.3, 0.4) is 0 Å². The topological polar surface area (TPSA) is 3.24 Å². The van der Waals surface area contributed by atoms with Gasteiger partial charge in [-0.05, 0) is 32.1 Å². The first-order chi connectivity index (χ1) is 6.72. The highest BCUT2D eigenvalue weighted by molar-refractivity contribution is 4.97. The molecule has 0 amide bonds. The fourth-order valence-corrected chi connectivity index (χ4v) is 2.80. The van der Waals surface area contributed by atoms with Crippen LogP contribution in [0.4, 0.5) is 0 Å². The van der Waals surface area contributed by atoms with E-state index in [1.165, 1.54) is 45.2 Å². The lowest BCUT2D eigenvalue weighted by molar-refractivity contribution is -0.0465. The Hall–Kier alpha value is -0.0400. The predicted octanol–water partition coefficient (Wildman–Crippen LogP) is 3.69. The summed E-state index contributed by atoms with van der Waals surface area (Å²) < 4.78 is 0. The molecule has 1 saturated heterocycles. The first-order valence-corrected chi connectivity index (χ1v) is 6.46. The van der Waals surface area contributed by atoms with E-state index in [4.69, 9.17) is 0 Å². The number of rotatable bonds is 1. The van der Waals surface area contributed by atoms with E-state index in [1.807, 2.05) is 13.8 Å². The maximum Gasteiger partial charge on any atom is 0.00532 e. The van der Waals surface area contributed by atoms with Crippen molar-refractivity contribution in [2.75, 3.05) is 13.1 Å². The van der Waals surface area contributed by atoms with E-state index in [0.29, 0.717) is 0 Å². The quantitative estimate of drug-likeness (QED) is 0.620. The molecule has 2 rings (SSSR count). The summed E-state index contributed by atoms with van der Waals surface area (Å²) in [7, 11) is 0. The van der Waals surface area contributed by atoms with Crippen molar-refractivity contribution in [1.82, 2.24) is 4.90 Å². The highest BCUT2D eigenvalue weighted by Gasteiger charge is 2.43. The first kappa shape index (κ1) is 12.0. The standard InChI is InChI=1S/C11H21N.C2H6/c1-10(2)12-8-11(9-12)6-4-3-5-7-11;1-2/h10H,3-9H2,1-2H3;1-2H3. The van der Waals surface area contributed by atoms with E-state index in [-0.39, 0.29) is 0 Å². The molecule has 1 heteroatoms. The van der Waals surface area contributed by atoms with Gasteiger partial charge in [-0.15, -0.1) is 0 Å². The number of nitrogens with zero attached hydrogens (tertiary/aromatic N) is 1. The third-order valence-electron chi connectivity index (χ3n) is 3.72. The SMILES string of the molecule is CC.CC(C)N1CC2(CCCCC2)C1. The molecule has 2 aliphatic rings. The van der Waals surface area contributed by atoms with Crippen molar-refractivity contribution in [2.45, 2.75) is 65.8 Å². The molecule has 0 unspecified atom stereocenters. The summed E-state index contributed by atoms with van der Waals surface area (Å²) in [5, 5.41) is 0. The van der Waals surface area contributed by atoms with Crippen LogP contribution in [-0.4, -0.2) is 24.0 Å². The van der Waals surface area contributed by atoms with Crippen LogP contribution >= 0.6 is 0 Å². The molecule has 0 aromatic rings. The Balaban J connectivity index is 0.000000461. The largest absolute Gasteiger partial charge is 0.300 e. The third kappa shape index (κ3) is 2.50. The number of hydrogen-bond acceptors (Lipinski definition) is 1. The smallest absolute Gasteiger partial charge is 0.00532 e. The van der Waals surface area contributed by atoms with Crippen LogP contribution < -0.4 is 0 Å². The van der Waals surface area contributed by atoms with Gasteiger partial charge in [0.15, 0.2) is 0 Å². The minimum absolute atomic E-state index is 0.776. The van der Waals surface area contributed by atoms with Crippen molar-refractivity contribution in [3.05, 3.63) is 0 Å². The molecule has 1 heterocycles. The molecule has 0 atom stereocenters. The van der Waals surface area contributed by atoms with Crippen LogP contribution in [0.5, 0.6) is 0 Å². The molecule has 84 valence electrons. The van der Waals surface area contributed by atoms with Crippen molar-refractivity contribution in [2.24, 2.45) is 5.41 Å². The summed E-state index contributed by atoms with van der Waals surface area (Å²) in [6.45, 7) is 11.4. The van der Waals surface area contributed by atoms with Crippen molar-refractivity contribution >= 4 is 0 Å². The monoisotopic (exact) mass is 197 g/mol. The Morgan fingerprint density at radius 3 is 1.86 bits per heavy atom. The van der Waals surface area contributed by atoms with Crippen LogP contribution in [-0.2, 0) is 0 Å². The zero-order valence-corrected chi connectivity index (χ0v) is 10.5. The van der Waals surface area contributed by atoms with Gasteiger partial charge in [-0.2, -0.15) is 0 Å². The van der Waals surface area contributed by atoms with Crippen molar-refractivity contribution < 1.29 is 0 Å². The zero-order chi connectivity index (χ0) is 10.6. The minimum Gasteiger partial charge on any atom is -0.300 e. The molecule has 0 radical (unpaired) electrons. The van der Waals surface area contributed by atoms with E-state index in [1.54, 1.807) is 0 Å². The molecule has 2 fully saturated rings. The Bertz CT molecular complexity index is 149. The molecule has 14 heavy (non-hydrogen) atoms. The summed E-state index contributed by atoms with van der Waals surface area (Å²) in [5.74, 6) is 0. The molecule has 1 nitrogen and oxygen atoms in total. The van der Waals surface area contributed by atoms with Crippen LogP contribution in [0.1, 0.15) is 59.8 Å². The highest BCUT2D eigenvalue weighted by Crippen LogP contribution is 2.44. The van der Waals surface area contributed by atoms with Gasteiger partial charge in [0, 0.05) is 19.1 Å². The van der Waals surface area contributed by atoms with Crippen LogP contribution in [0, 0.1) is 5.41 Å². The van der Waals surface area contributed by atoms with Crippen LogP contribution in [0.25, 0.3) is 0 Å². The average molecular weight is 197 g/mol. The lowest BCUT2D eigenvalue weighted by Gasteiger charge is -2.54. The molecule has 1 spiro atoms. The average Bonchev–Trinajstić information content (AvgIpc) is 2.18. The fourth-order valence-electron chi connectivity index (χ4n) is 2.80. The molecule has 1 aliphatic carbocycles. The van der Waals surface area contributed by atoms with Gasteiger partial charge in [0.2, 0.25) is 0 Å². The van der Waals surface area contributed by atoms with Gasteiger partial charge in [-0.25, -0.2) is 0 Å². The Labute approximate surface area is 89.9 Å². The molecule has 0 bridgehead atoms. The second-order valence-electron chi connectivity index (χ2n) is 5.06. The van der Waals surface area contributed by atoms with E-state index < -0.39 is 0 Å². The van der Waals surface area contributed by atoms with E-state index in [2.05, 4.69) is 18.7 Å². The molecule has 0 N–H and O–H groups in total. The van der Waals surface area contributed by atoms with Gasteiger partial charge >= 0.3 is 0 Å². The second kappa shape index (κ2) is 5.16. The highest BCUT2D eigenvalue weighted by atomic mass is 15.2. The van der Waals surface area contributed by atoms with Gasteiger partial charge in [0.05, 0.1) is 0 Å².